The minimum atomic E-state index is -1.72. The Bertz CT molecular complexity index is 1160. The zero-order valence-corrected chi connectivity index (χ0v) is 19.1. The van der Waals surface area contributed by atoms with Gasteiger partial charge in [0.15, 0.2) is 28.8 Å². The van der Waals surface area contributed by atoms with Crippen molar-refractivity contribution in [1.29, 1.82) is 0 Å². The Balaban J connectivity index is 1.65. The molecule has 11 heteroatoms. The third-order valence-electron chi connectivity index (χ3n) is 5.21. The lowest BCUT2D eigenvalue weighted by atomic mass is 9.99. The van der Waals surface area contributed by atoms with Crippen molar-refractivity contribution < 1.29 is 54.4 Å². The van der Waals surface area contributed by atoms with Crippen molar-refractivity contribution >= 4 is 23.9 Å². The fourth-order valence-electron chi connectivity index (χ4n) is 3.24. The first-order valence-corrected chi connectivity index (χ1v) is 10.8. The molecule has 6 N–H and O–H groups in total. The maximum absolute atomic E-state index is 12.1. The highest BCUT2D eigenvalue weighted by molar-refractivity contribution is 5.91. The lowest BCUT2D eigenvalue weighted by molar-refractivity contribution is -0.278. The van der Waals surface area contributed by atoms with Crippen LogP contribution in [0.5, 0.6) is 23.0 Å². The molecule has 0 spiro atoms. The van der Waals surface area contributed by atoms with E-state index in [0.29, 0.717) is 11.1 Å². The molecule has 1 heterocycles. The molecule has 0 bridgehead atoms. The third kappa shape index (κ3) is 6.83. The number of esters is 1. The standard InChI is InChI=1S/C25H26O11/c1-13(26)2-3-15-5-8-17(28)19(11-15)35-25-24(33)23(32)22(31)20(36-25)12-34-21(30)9-6-14-4-7-16(27)18(29)10-14/h2-11,20,22-25,27-29,31-33H,12H2,1H3/b3-2+,9-6+/t20-,22-,23+,24-,25-/m1/s1. The number of phenolic OH excluding ortho intramolecular Hbond substituents is 3. The lowest BCUT2D eigenvalue weighted by Gasteiger charge is -2.39. The summed E-state index contributed by atoms with van der Waals surface area (Å²) < 4.78 is 16.1. The van der Waals surface area contributed by atoms with Gasteiger partial charge in [-0.05, 0) is 54.5 Å². The Morgan fingerprint density at radius 3 is 2.17 bits per heavy atom. The number of hydrogen-bond acceptors (Lipinski definition) is 11. The molecule has 0 saturated carbocycles. The van der Waals surface area contributed by atoms with Crippen molar-refractivity contribution in [2.75, 3.05) is 6.61 Å². The fourth-order valence-corrected chi connectivity index (χ4v) is 3.24. The number of aliphatic hydroxyl groups is 3. The number of aliphatic hydroxyl groups excluding tert-OH is 3. The number of hydrogen-bond donors (Lipinski definition) is 6. The van der Waals surface area contributed by atoms with Crippen molar-refractivity contribution in [1.82, 2.24) is 0 Å². The average molecular weight is 502 g/mol. The number of allylic oxidation sites excluding steroid dienone is 1. The van der Waals surface area contributed by atoms with Gasteiger partial charge in [-0.3, -0.25) is 4.79 Å². The second-order valence-corrected chi connectivity index (χ2v) is 8.02. The second kappa shape index (κ2) is 11.7. The molecule has 1 saturated heterocycles. The number of benzene rings is 2. The van der Waals surface area contributed by atoms with Gasteiger partial charge in [-0.1, -0.05) is 18.2 Å². The molecule has 0 unspecified atom stereocenters. The maximum atomic E-state index is 12.1. The van der Waals surface area contributed by atoms with Crippen LogP contribution in [0.3, 0.4) is 0 Å². The molecule has 2 aromatic carbocycles. The monoisotopic (exact) mass is 502 g/mol. The summed E-state index contributed by atoms with van der Waals surface area (Å²) in [4.78, 5) is 23.2. The molecule has 11 nitrogen and oxygen atoms in total. The van der Waals surface area contributed by atoms with Gasteiger partial charge in [0, 0.05) is 6.08 Å². The summed E-state index contributed by atoms with van der Waals surface area (Å²) in [6, 6.07) is 8.12. The molecule has 0 radical (unpaired) electrons. The summed E-state index contributed by atoms with van der Waals surface area (Å²) in [5.41, 5.74) is 0.909. The highest BCUT2D eigenvalue weighted by atomic mass is 16.7. The number of carbonyl (C=O) groups excluding carboxylic acids is 2. The number of rotatable bonds is 8. The van der Waals surface area contributed by atoms with E-state index in [1.807, 2.05) is 0 Å². The van der Waals surface area contributed by atoms with Crippen LogP contribution in [-0.4, -0.2) is 79.7 Å². The van der Waals surface area contributed by atoms with Crippen LogP contribution in [0.15, 0.2) is 48.6 Å². The van der Waals surface area contributed by atoms with E-state index in [0.717, 1.165) is 6.08 Å². The van der Waals surface area contributed by atoms with Gasteiger partial charge in [0.1, 0.15) is 31.0 Å². The van der Waals surface area contributed by atoms with Crippen LogP contribution in [0.2, 0.25) is 0 Å². The molecule has 0 aromatic heterocycles. The van der Waals surface area contributed by atoms with E-state index < -0.39 is 43.3 Å². The summed E-state index contributed by atoms with van der Waals surface area (Å²) in [5.74, 6) is -2.14. The number of ether oxygens (including phenoxy) is 3. The van der Waals surface area contributed by atoms with Crippen molar-refractivity contribution in [2.24, 2.45) is 0 Å². The molecule has 1 aliphatic heterocycles. The quantitative estimate of drug-likeness (QED) is 0.171. The van der Waals surface area contributed by atoms with Crippen LogP contribution in [0, 0.1) is 0 Å². The van der Waals surface area contributed by atoms with Gasteiger partial charge in [0.25, 0.3) is 0 Å². The van der Waals surface area contributed by atoms with Gasteiger partial charge >= 0.3 is 5.97 Å². The van der Waals surface area contributed by atoms with Crippen molar-refractivity contribution in [3.8, 4) is 23.0 Å². The van der Waals surface area contributed by atoms with Crippen LogP contribution in [0.4, 0.5) is 0 Å². The number of ketones is 1. The van der Waals surface area contributed by atoms with E-state index >= 15 is 0 Å². The predicted molar refractivity (Wildman–Crippen MR) is 125 cm³/mol. The van der Waals surface area contributed by atoms with Gasteiger partial charge in [-0.15, -0.1) is 0 Å². The number of carbonyl (C=O) groups is 2. The van der Waals surface area contributed by atoms with Crippen molar-refractivity contribution in [3.05, 3.63) is 59.7 Å². The van der Waals surface area contributed by atoms with E-state index in [2.05, 4.69) is 0 Å². The zero-order chi connectivity index (χ0) is 26.4. The SMILES string of the molecule is CC(=O)/C=C/c1ccc(O)c(O[C@@H]2O[C@H](COC(=O)/C=C/c3ccc(O)c(O)c3)[C@@H](O)[C@H](O)[C@H]2O)c1. The second-order valence-electron chi connectivity index (χ2n) is 8.02. The minimum absolute atomic E-state index is 0.121. The van der Waals surface area contributed by atoms with Crippen molar-refractivity contribution in [3.63, 3.8) is 0 Å². The topological polar surface area (TPSA) is 183 Å². The van der Waals surface area contributed by atoms with Crippen LogP contribution in [0.25, 0.3) is 12.2 Å². The van der Waals surface area contributed by atoms with Crippen LogP contribution >= 0.6 is 0 Å². The Labute approximate surface area is 205 Å². The van der Waals surface area contributed by atoms with E-state index in [1.54, 1.807) is 0 Å². The van der Waals surface area contributed by atoms with E-state index in [-0.39, 0.29) is 28.8 Å². The first kappa shape index (κ1) is 26.7. The molecule has 5 atom stereocenters. The molecule has 1 fully saturated rings. The van der Waals surface area contributed by atoms with Crippen LogP contribution in [0.1, 0.15) is 18.1 Å². The minimum Gasteiger partial charge on any atom is -0.504 e. The molecule has 3 rings (SSSR count). The summed E-state index contributed by atoms with van der Waals surface area (Å²) in [6.45, 7) is 0.858. The summed E-state index contributed by atoms with van der Waals surface area (Å²) in [5, 5.41) is 59.7. The molecule has 0 aliphatic carbocycles. The average Bonchev–Trinajstić information content (AvgIpc) is 2.84. The molecular formula is C25H26O11. The zero-order valence-electron chi connectivity index (χ0n) is 19.1. The van der Waals surface area contributed by atoms with Gasteiger partial charge in [0.2, 0.25) is 6.29 Å². The normalized spacial score (nSPS) is 24.2. The number of phenols is 3. The highest BCUT2D eigenvalue weighted by Crippen LogP contribution is 2.32. The van der Waals surface area contributed by atoms with E-state index in [4.69, 9.17) is 14.2 Å². The first-order chi connectivity index (χ1) is 17.0. The highest BCUT2D eigenvalue weighted by Gasteiger charge is 2.45. The molecule has 36 heavy (non-hydrogen) atoms. The lowest BCUT2D eigenvalue weighted by Crippen LogP contribution is -2.60. The summed E-state index contributed by atoms with van der Waals surface area (Å²) in [6.07, 6.45) is -2.71. The van der Waals surface area contributed by atoms with Crippen LogP contribution in [-0.2, 0) is 19.1 Å². The Morgan fingerprint density at radius 1 is 0.861 bits per heavy atom. The maximum Gasteiger partial charge on any atom is 0.330 e. The van der Waals surface area contributed by atoms with E-state index in [9.17, 15) is 40.2 Å². The molecular weight excluding hydrogens is 476 g/mol. The largest absolute Gasteiger partial charge is 0.504 e. The Morgan fingerprint density at radius 2 is 1.50 bits per heavy atom. The summed E-state index contributed by atoms with van der Waals surface area (Å²) >= 11 is 0. The molecule has 0 amide bonds. The molecule has 192 valence electrons. The molecule has 1 aliphatic rings. The molecule has 2 aromatic rings. The van der Waals surface area contributed by atoms with E-state index in [1.165, 1.54) is 61.5 Å². The Kier molecular flexibility index (Phi) is 8.67. The summed E-state index contributed by atoms with van der Waals surface area (Å²) in [7, 11) is 0. The van der Waals surface area contributed by atoms with Crippen LogP contribution < -0.4 is 4.74 Å². The fraction of sp³-hybridized carbons (Fsp3) is 0.280. The smallest absolute Gasteiger partial charge is 0.330 e. The predicted octanol–water partition coefficient (Wildman–Crippen LogP) is 0.849. The van der Waals surface area contributed by atoms with Gasteiger partial charge in [-0.2, -0.15) is 0 Å². The van der Waals surface area contributed by atoms with Gasteiger partial charge in [0.05, 0.1) is 0 Å². The van der Waals surface area contributed by atoms with Gasteiger partial charge in [-0.25, -0.2) is 4.79 Å². The number of aromatic hydroxyl groups is 3. The van der Waals surface area contributed by atoms with Crippen molar-refractivity contribution in [2.45, 2.75) is 37.6 Å². The third-order valence-corrected chi connectivity index (χ3v) is 5.21. The Hall–Kier alpha value is -3.90. The van der Waals surface area contributed by atoms with Gasteiger partial charge < -0.3 is 44.8 Å². The first-order valence-electron chi connectivity index (χ1n) is 10.8.